The smallest absolute Gasteiger partial charge is 0.314 e. The largest absolute Gasteiger partial charge is 0.481 e. The minimum Gasteiger partial charge on any atom is -0.481 e. The highest BCUT2D eigenvalue weighted by atomic mass is 16.4. The molecule has 5 heteroatoms. The Labute approximate surface area is 121 Å². The van der Waals surface area contributed by atoms with Crippen molar-refractivity contribution >= 4 is 12.0 Å². The van der Waals surface area contributed by atoms with Gasteiger partial charge in [-0.3, -0.25) is 4.79 Å². The molecule has 1 atom stereocenters. The fourth-order valence-corrected chi connectivity index (χ4v) is 2.73. The molecule has 1 aliphatic rings. The Morgan fingerprint density at radius 1 is 1.15 bits per heavy atom. The lowest BCUT2D eigenvalue weighted by Gasteiger charge is -2.23. The van der Waals surface area contributed by atoms with Crippen LogP contribution in [0.15, 0.2) is 0 Å². The van der Waals surface area contributed by atoms with Crippen LogP contribution in [-0.2, 0) is 4.79 Å². The summed E-state index contributed by atoms with van der Waals surface area (Å²) < 4.78 is 0. The van der Waals surface area contributed by atoms with Gasteiger partial charge in [-0.1, -0.05) is 34.6 Å². The summed E-state index contributed by atoms with van der Waals surface area (Å²) >= 11 is 0. The summed E-state index contributed by atoms with van der Waals surface area (Å²) in [6.45, 7) is 13.0. The Bertz CT molecular complexity index is 390. The number of nitrogens with one attached hydrogen (secondary N) is 2. The average molecular weight is 284 g/mol. The third kappa shape index (κ3) is 2.91. The Morgan fingerprint density at radius 3 is 2.00 bits per heavy atom. The molecule has 1 rings (SSSR count). The monoisotopic (exact) mass is 284 g/mol. The SMILES string of the molecule is CCC(C)(CNC(=O)NCC1C(C)(C)C1(C)C)C(=O)O. The van der Waals surface area contributed by atoms with E-state index in [4.69, 9.17) is 5.11 Å². The predicted molar refractivity (Wildman–Crippen MR) is 78.5 cm³/mol. The summed E-state index contributed by atoms with van der Waals surface area (Å²) in [5.74, 6) is -0.428. The topological polar surface area (TPSA) is 78.4 Å². The summed E-state index contributed by atoms with van der Waals surface area (Å²) in [5, 5.41) is 14.6. The molecular weight excluding hydrogens is 256 g/mol. The summed E-state index contributed by atoms with van der Waals surface area (Å²) in [6, 6.07) is -0.288. The number of aliphatic carboxylic acids is 1. The second-order valence-corrected chi connectivity index (χ2v) is 7.28. The van der Waals surface area contributed by atoms with Gasteiger partial charge in [0.2, 0.25) is 0 Å². The van der Waals surface area contributed by atoms with Crippen LogP contribution < -0.4 is 10.6 Å². The second kappa shape index (κ2) is 5.26. The van der Waals surface area contributed by atoms with E-state index in [1.54, 1.807) is 6.92 Å². The second-order valence-electron chi connectivity index (χ2n) is 7.28. The van der Waals surface area contributed by atoms with E-state index >= 15 is 0 Å². The summed E-state index contributed by atoms with van der Waals surface area (Å²) in [7, 11) is 0. The van der Waals surface area contributed by atoms with Crippen LogP contribution in [0.2, 0.25) is 0 Å². The van der Waals surface area contributed by atoms with E-state index in [2.05, 4.69) is 38.3 Å². The van der Waals surface area contributed by atoms with Gasteiger partial charge >= 0.3 is 12.0 Å². The Balaban J connectivity index is 2.38. The van der Waals surface area contributed by atoms with Crippen molar-refractivity contribution < 1.29 is 14.7 Å². The van der Waals surface area contributed by atoms with Crippen molar-refractivity contribution in [1.29, 1.82) is 0 Å². The normalized spacial score (nSPS) is 22.7. The van der Waals surface area contributed by atoms with Gasteiger partial charge < -0.3 is 15.7 Å². The van der Waals surface area contributed by atoms with E-state index in [1.807, 2.05) is 6.92 Å². The predicted octanol–water partition coefficient (Wildman–Crippen LogP) is 2.47. The van der Waals surface area contributed by atoms with Gasteiger partial charge in [-0.15, -0.1) is 0 Å². The van der Waals surface area contributed by atoms with Crippen LogP contribution in [0.5, 0.6) is 0 Å². The number of urea groups is 1. The zero-order valence-electron chi connectivity index (χ0n) is 13.5. The molecule has 1 aliphatic carbocycles. The highest BCUT2D eigenvalue weighted by Crippen LogP contribution is 2.67. The fourth-order valence-electron chi connectivity index (χ4n) is 2.73. The molecule has 0 aromatic carbocycles. The zero-order valence-corrected chi connectivity index (χ0v) is 13.5. The minimum atomic E-state index is -0.907. The van der Waals surface area contributed by atoms with Crippen molar-refractivity contribution in [2.24, 2.45) is 22.2 Å². The number of hydrogen-bond acceptors (Lipinski definition) is 2. The maximum Gasteiger partial charge on any atom is 0.314 e. The van der Waals surface area contributed by atoms with Crippen molar-refractivity contribution in [3.8, 4) is 0 Å². The van der Waals surface area contributed by atoms with E-state index in [-0.39, 0.29) is 23.4 Å². The molecule has 1 fully saturated rings. The highest BCUT2D eigenvalue weighted by Gasteiger charge is 2.64. The number of rotatable bonds is 6. The molecule has 0 aromatic rings. The van der Waals surface area contributed by atoms with Gasteiger partial charge in [-0.25, -0.2) is 4.79 Å². The maximum absolute atomic E-state index is 11.8. The lowest BCUT2D eigenvalue weighted by Crippen LogP contribution is -2.45. The van der Waals surface area contributed by atoms with Gasteiger partial charge in [-0.2, -0.15) is 0 Å². The molecule has 20 heavy (non-hydrogen) atoms. The molecule has 0 bridgehead atoms. The molecule has 0 saturated heterocycles. The van der Waals surface area contributed by atoms with Gasteiger partial charge in [0.1, 0.15) is 0 Å². The zero-order chi connectivity index (χ0) is 15.8. The van der Waals surface area contributed by atoms with E-state index in [9.17, 15) is 9.59 Å². The van der Waals surface area contributed by atoms with Crippen molar-refractivity contribution in [1.82, 2.24) is 10.6 Å². The number of hydrogen-bond donors (Lipinski definition) is 3. The summed E-state index contributed by atoms with van der Waals surface area (Å²) in [5.41, 5.74) is -0.436. The molecule has 0 aliphatic heterocycles. The molecule has 0 aromatic heterocycles. The number of carbonyl (C=O) groups excluding carboxylic acids is 1. The molecule has 3 N–H and O–H groups in total. The van der Waals surface area contributed by atoms with Gasteiger partial charge in [0.25, 0.3) is 0 Å². The molecule has 2 amide bonds. The summed E-state index contributed by atoms with van der Waals surface area (Å²) in [6.07, 6.45) is 0.477. The standard InChI is InChI=1S/C15H28N2O3/c1-7-15(6,11(18)19)9-17-12(20)16-8-10-13(2,3)14(10,4)5/h10H,7-9H2,1-6H3,(H,18,19)(H2,16,17,20). The van der Waals surface area contributed by atoms with E-state index < -0.39 is 11.4 Å². The van der Waals surface area contributed by atoms with Crippen molar-refractivity contribution in [3.63, 3.8) is 0 Å². The first-order valence-corrected chi connectivity index (χ1v) is 7.24. The molecular formula is C15H28N2O3. The maximum atomic E-state index is 11.8. The van der Waals surface area contributed by atoms with E-state index in [1.165, 1.54) is 0 Å². The number of amides is 2. The third-order valence-corrected chi connectivity index (χ3v) is 5.72. The minimum absolute atomic E-state index is 0.141. The van der Waals surface area contributed by atoms with Gasteiger partial charge in [0.15, 0.2) is 0 Å². The Hall–Kier alpha value is -1.26. The van der Waals surface area contributed by atoms with Gasteiger partial charge in [0, 0.05) is 13.1 Å². The van der Waals surface area contributed by atoms with Crippen LogP contribution in [0.4, 0.5) is 4.79 Å². The number of carbonyl (C=O) groups is 2. The molecule has 1 unspecified atom stereocenters. The highest BCUT2D eigenvalue weighted by molar-refractivity contribution is 5.77. The Morgan fingerprint density at radius 2 is 1.65 bits per heavy atom. The first-order valence-electron chi connectivity index (χ1n) is 7.24. The van der Waals surface area contributed by atoms with Crippen LogP contribution in [0.25, 0.3) is 0 Å². The van der Waals surface area contributed by atoms with Crippen LogP contribution in [-0.4, -0.2) is 30.2 Å². The lowest BCUT2D eigenvalue weighted by atomic mass is 9.88. The third-order valence-electron chi connectivity index (χ3n) is 5.72. The molecule has 0 heterocycles. The van der Waals surface area contributed by atoms with Crippen LogP contribution in [0.3, 0.4) is 0 Å². The molecule has 5 nitrogen and oxygen atoms in total. The first kappa shape index (κ1) is 16.8. The first-order chi connectivity index (χ1) is 8.99. The lowest BCUT2D eigenvalue weighted by molar-refractivity contribution is -0.147. The Kier molecular flexibility index (Phi) is 4.42. The van der Waals surface area contributed by atoms with Gasteiger partial charge in [0.05, 0.1) is 5.41 Å². The fraction of sp³-hybridized carbons (Fsp3) is 0.867. The summed E-state index contributed by atoms with van der Waals surface area (Å²) in [4.78, 5) is 22.9. The average Bonchev–Trinajstić information content (AvgIpc) is 2.74. The van der Waals surface area contributed by atoms with Gasteiger partial charge in [-0.05, 0) is 30.1 Å². The number of carboxylic acid groups (broad SMARTS) is 1. The van der Waals surface area contributed by atoms with E-state index in [0.29, 0.717) is 18.9 Å². The van der Waals surface area contributed by atoms with Crippen molar-refractivity contribution in [3.05, 3.63) is 0 Å². The van der Waals surface area contributed by atoms with Crippen LogP contribution in [0.1, 0.15) is 48.0 Å². The molecule has 0 radical (unpaired) electrons. The van der Waals surface area contributed by atoms with Crippen LogP contribution >= 0.6 is 0 Å². The molecule has 1 saturated carbocycles. The van der Waals surface area contributed by atoms with Crippen molar-refractivity contribution in [2.75, 3.05) is 13.1 Å². The quantitative estimate of drug-likeness (QED) is 0.701. The van der Waals surface area contributed by atoms with Crippen LogP contribution in [0, 0.1) is 22.2 Å². The van der Waals surface area contributed by atoms with Crippen molar-refractivity contribution in [2.45, 2.75) is 48.0 Å². The number of carboxylic acids is 1. The van der Waals surface area contributed by atoms with E-state index in [0.717, 1.165) is 0 Å². The molecule has 0 spiro atoms. The molecule has 116 valence electrons.